The highest BCUT2D eigenvalue weighted by atomic mass is 16.6. The molecule has 0 saturated carbocycles. The van der Waals surface area contributed by atoms with Gasteiger partial charge in [-0.2, -0.15) is 0 Å². The number of hydrogen-bond donors (Lipinski definition) is 1. The van der Waals surface area contributed by atoms with E-state index in [1.807, 2.05) is 32.9 Å². The molecule has 0 aromatic heterocycles. The Bertz CT molecular complexity index is 500. The van der Waals surface area contributed by atoms with Crippen LogP contribution >= 0.6 is 0 Å². The number of alkyl carbamates (subject to hydrolysis) is 1. The van der Waals surface area contributed by atoms with Crippen molar-refractivity contribution in [2.75, 3.05) is 6.61 Å². The average Bonchev–Trinajstić information content (AvgIpc) is 3.21. The fourth-order valence-electron chi connectivity index (χ4n) is 2.01. The molecule has 1 heterocycles. The van der Waals surface area contributed by atoms with Gasteiger partial charge in [0.2, 0.25) is 0 Å². The second-order valence-corrected chi connectivity index (χ2v) is 6.19. The molecular formula is C16H21NO4. The number of aldehydes is 1. The van der Waals surface area contributed by atoms with Gasteiger partial charge in [0.25, 0.3) is 0 Å². The lowest BCUT2D eigenvalue weighted by molar-refractivity contribution is 0.0495. The first-order valence-corrected chi connectivity index (χ1v) is 7.02. The third-order valence-corrected chi connectivity index (χ3v) is 3.08. The Kier molecular flexibility index (Phi) is 4.63. The summed E-state index contributed by atoms with van der Waals surface area (Å²) in [4.78, 5) is 22.5. The van der Waals surface area contributed by atoms with Crippen LogP contribution in [-0.2, 0) is 15.9 Å². The lowest BCUT2D eigenvalue weighted by atomic mass is 10.0. The smallest absolute Gasteiger partial charge is 0.407 e. The van der Waals surface area contributed by atoms with Gasteiger partial charge in [-0.3, -0.25) is 4.79 Å². The topological polar surface area (TPSA) is 67.9 Å². The molecule has 1 aromatic rings. The predicted molar refractivity (Wildman–Crippen MR) is 78.4 cm³/mol. The minimum atomic E-state index is -0.523. The molecule has 21 heavy (non-hydrogen) atoms. The highest BCUT2D eigenvalue weighted by Crippen LogP contribution is 2.19. The molecule has 1 fully saturated rings. The summed E-state index contributed by atoms with van der Waals surface area (Å²) in [6.45, 7) is 6.13. The van der Waals surface area contributed by atoms with Crippen molar-refractivity contribution in [1.82, 2.24) is 5.32 Å². The average molecular weight is 291 g/mol. The molecule has 1 aromatic carbocycles. The number of benzene rings is 1. The maximum atomic E-state index is 11.9. The van der Waals surface area contributed by atoms with E-state index in [1.165, 1.54) is 0 Å². The number of rotatable bonds is 5. The van der Waals surface area contributed by atoms with Crippen LogP contribution in [0.1, 0.15) is 36.7 Å². The van der Waals surface area contributed by atoms with Crippen LogP contribution in [0.5, 0.6) is 0 Å². The number of nitrogens with one attached hydrogen (secondary N) is 1. The quantitative estimate of drug-likeness (QED) is 0.668. The molecular weight excluding hydrogens is 270 g/mol. The van der Waals surface area contributed by atoms with E-state index in [4.69, 9.17) is 9.47 Å². The Morgan fingerprint density at radius 1 is 1.43 bits per heavy atom. The van der Waals surface area contributed by atoms with Crippen LogP contribution in [0, 0.1) is 0 Å². The molecule has 5 heteroatoms. The third-order valence-electron chi connectivity index (χ3n) is 3.08. The van der Waals surface area contributed by atoms with Gasteiger partial charge in [0.15, 0.2) is 0 Å². The van der Waals surface area contributed by atoms with Gasteiger partial charge in [-0.15, -0.1) is 0 Å². The summed E-state index contributed by atoms with van der Waals surface area (Å²) in [7, 11) is 0. The van der Waals surface area contributed by atoms with Crippen molar-refractivity contribution < 1.29 is 19.1 Å². The fraction of sp³-hybridized carbons (Fsp3) is 0.500. The Labute approximate surface area is 124 Å². The Morgan fingerprint density at radius 3 is 2.52 bits per heavy atom. The maximum absolute atomic E-state index is 11.9. The van der Waals surface area contributed by atoms with Crippen LogP contribution in [-0.4, -0.2) is 36.7 Å². The highest BCUT2D eigenvalue weighted by Gasteiger charge is 2.34. The molecule has 1 N–H and O–H groups in total. The van der Waals surface area contributed by atoms with Gasteiger partial charge in [0.1, 0.15) is 18.0 Å². The zero-order valence-corrected chi connectivity index (χ0v) is 12.6. The molecule has 1 amide bonds. The van der Waals surface area contributed by atoms with Gasteiger partial charge in [-0.25, -0.2) is 4.79 Å². The Balaban J connectivity index is 1.95. The van der Waals surface area contributed by atoms with E-state index in [-0.39, 0.29) is 12.1 Å². The summed E-state index contributed by atoms with van der Waals surface area (Å²) in [6.07, 6.45) is 1.04. The third kappa shape index (κ3) is 5.19. The zero-order chi connectivity index (χ0) is 15.5. The van der Waals surface area contributed by atoms with Crippen molar-refractivity contribution in [2.24, 2.45) is 0 Å². The van der Waals surface area contributed by atoms with Crippen LogP contribution in [0.3, 0.4) is 0 Å². The van der Waals surface area contributed by atoms with E-state index in [1.54, 1.807) is 12.1 Å². The van der Waals surface area contributed by atoms with Crippen molar-refractivity contribution in [2.45, 2.75) is 44.9 Å². The van der Waals surface area contributed by atoms with Crippen LogP contribution < -0.4 is 5.32 Å². The second kappa shape index (κ2) is 6.26. The van der Waals surface area contributed by atoms with Gasteiger partial charge in [-0.1, -0.05) is 24.3 Å². The van der Waals surface area contributed by atoms with E-state index in [0.717, 1.165) is 11.8 Å². The monoisotopic (exact) mass is 291 g/mol. The standard InChI is InChI=1S/C16H21NO4/c1-16(2,3)21-15(19)17-13(14-10-20-14)8-11-4-6-12(9-18)7-5-11/h4-7,9,13-14H,8,10H2,1-3H3,(H,17,19)/t13-,14+/m0/s1. The fourth-order valence-corrected chi connectivity index (χ4v) is 2.01. The van der Waals surface area contributed by atoms with Crippen LogP contribution in [0.15, 0.2) is 24.3 Å². The van der Waals surface area contributed by atoms with E-state index >= 15 is 0 Å². The number of hydrogen-bond acceptors (Lipinski definition) is 4. The molecule has 2 rings (SSSR count). The first-order chi connectivity index (χ1) is 9.87. The van der Waals surface area contributed by atoms with Crippen LogP contribution in [0.4, 0.5) is 4.79 Å². The summed E-state index contributed by atoms with van der Waals surface area (Å²) in [5.74, 6) is 0. The number of carbonyl (C=O) groups is 2. The van der Waals surface area contributed by atoms with E-state index in [0.29, 0.717) is 18.6 Å². The molecule has 2 atom stereocenters. The first-order valence-electron chi connectivity index (χ1n) is 7.02. The Hall–Kier alpha value is -1.88. The Morgan fingerprint density at radius 2 is 2.05 bits per heavy atom. The van der Waals surface area contributed by atoms with Crippen LogP contribution in [0.2, 0.25) is 0 Å². The molecule has 1 saturated heterocycles. The van der Waals surface area contributed by atoms with Gasteiger partial charge < -0.3 is 14.8 Å². The van der Waals surface area contributed by atoms with Gasteiger partial charge in [0.05, 0.1) is 12.6 Å². The molecule has 0 bridgehead atoms. The summed E-state index contributed by atoms with van der Waals surface area (Å²) >= 11 is 0. The summed E-state index contributed by atoms with van der Waals surface area (Å²) < 4.78 is 10.6. The van der Waals surface area contributed by atoms with Gasteiger partial charge >= 0.3 is 6.09 Å². The minimum Gasteiger partial charge on any atom is -0.444 e. The van der Waals surface area contributed by atoms with Crippen molar-refractivity contribution in [3.8, 4) is 0 Å². The molecule has 1 aliphatic rings. The van der Waals surface area contributed by atoms with Crippen molar-refractivity contribution in [3.05, 3.63) is 35.4 Å². The van der Waals surface area contributed by atoms with Crippen molar-refractivity contribution >= 4 is 12.4 Å². The summed E-state index contributed by atoms with van der Waals surface area (Å²) in [5.41, 5.74) is 1.15. The predicted octanol–water partition coefficient (Wildman–Crippen LogP) is 2.33. The number of ether oxygens (including phenoxy) is 2. The number of amides is 1. The normalized spacial score (nSPS) is 18.7. The first kappa shape index (κ1) is 15.5. The summed E-state index contributed by atoms with van der Waals surface area (Å²) in [6, 6.07) is 7.18. The van der Waals surface area contributed by atoms with Crippen LogP contribution in [0.25, 0.3) is 0 Å². The lowest BCUT2D eigenvalue weighted by Gasteiger charge is -2.23. The summed E-state index contributed by atoms with van der Waals surface area (Å²) in [5, 5.41) is 2.86. The van der Waals surface area contributed by atoms with Crippen molar-refractivity contribution in [1.29, 1.82) is 0 Å². The highest BCUT2D eigenvalue weighted by molar-refractivity contribution is 5.74. The molecule has 5 nitrogen and oxygen atoms in total. The molecule has 1 aliphatic heterocycles. The molecule has 0 aliphatic carbocycles. The maximum Gasteiger partial charge on any atom is 0.407 e. The van der Waals surface area contributed by atoms with Gasteiger partial charge in [-0.05, 0) is 32.8 Å². The molecule has 0 unspecified atom stereocenters. The van der Waals surface area contributed by atoms with Gasteiger partial charge in [0, 0.05) is 5.56 Å². The lowest BCUT2D eigenvalue weighted by Crippen LogP contribution is -2.43. The van der Waals surface area contributed by atoms with E-state index < -0.39 is 11.7 Å². The molecule has 0 radical (unpaired) electrons. The van der Waals surface area contributed by atoms with E-state index in [2.05, 4.69) is 5.32 Å². The molecule has 0 spiro atoms. The minimum absolute atomic E-state index is 0.0308. The SMILES string of the molecule is CC(C)(C)OC(=O)N[C@@H](Cc1ccc(C=O)cc1)[C@H]1CO1. The molecule has 114 valence electrons. The largest absolute Gasteiger partial charge is 0.444 e. The van der Waals surface area contributed by atoms with E-state index in [9.17, 15) is 9.59 Å². The van der Waals surface area contributed by atoms with Crippen molar-refractivity contribution in [3.63, 3.8) is 0 Å². The number of epoxide rings is 1. The second-order valence-electron chi connectivity index (χ2n) is 6.19. The number of carbonyl (C=O) groups excluding carboxylic acids is 2. The zero-order valence-electron chi connectivity index (χ0n) is 12.6.